The molecule has 1 saturated heterocycles. The van der Waals surface area contributed by atoms with Gasteiger partial charge in [0.15, 0.2) is 0 Å². The fourth-order valence-corrected chi connectivity index (χ4v) is 5.35. The molecule has 0 aromatic heterocycles. The lowest BCUT2D eigenvalue weighted by molar-refractivity contribution is -0.137. The van der Waals surface area contributed by atoms with Crippen LogP contribution < -0.4 is 10.4 Å². The van der Waals surface area contributed by atoms with Crippen molar-refractivity contribution in [3.8, 4) is 0 Å². The summed E-state index contributed by atoms with van der Waals surface area (Å²) in [4.78, 5) is 5.04. The van der Waals surface area contributed by atoms with Gasteiger partial charge in [-0.05, 0) is 112 Å². The van der Waals surface area contributed by atoms with Crippen molar-refractivity contribution >= 4 is 16.5 Å². The monoisotopic (exact) mass is 546 g/mol. The van der Waals surface area contributed by atoms with Crippen LogP contribution in [0.3, 0.4) is 0 Å². The number of piperidine rings is 1. The first-order chi connectivity index (χ1) is 18.7. The molecular weight excluding hydrogens is 497 g/mol. The van der Waals surface area contributed by atoms with Crippen molar-refractivity contribution in [3.05, 3.63) is 53.7 Å². The third-order valence-electron chi connectivity index (χ3n) is 7.92. The number of nitrogens with one attached hydrogen (secondary N) is 1. The van der Waals surface area contributed by atoms with Crippen molar-refractivity contribution in [2.24, 2.45) is 5.92 Å². The lowest BCUT2D eigenvalue weighted by atomic mass is 10.0. The van der Waals surface area contributed by atoms with Gasteiger partial charge in [-0.3, -0.25) is 9.91 Å². The summed E-state index contributed by atoms with van der Waals surface area (Å²) >= 11 is 0. The Hall–Kier alpha value is -2.09. The number of halogens is 3. The first kappa shape index (κ1) is 31.4. The number of hydrogen-bond donors (Lipinski definition) is 1. The average molecular weight is 547 g/mol. The first-order valence-electron chi connectivity index (χ1n) is 15.0. The van der Waals surface area contributed by atoms with Gasteiger partial charge in [0.05, 0.1) is 17.4 Å². The Morgan fingerprint density at radius 1 is 0.949 bits per heavy atom. The Kier molecular flexibility index (Phi) is 12.1. The number of allylic oxidation sites excluding steroid dienone is 1. The maximum atomic E-state index is 13.0. The van der Waals surface area contributed by atoms with E-state index in [-0.39, 0.29) is 6.17 Å². The predicted molar refractivity (Wildman–Crippen MR) is 159 cm³/mol. The largest absolute Gasteiger partial charge is 0.416 e. The number of rotatable bonds is 10. The molecule has 0 saturated carbocycles. The van der Waals surface area contributed by atoms with E-state index in [4.69, 9.17) is 0 Å². The second-order valence-electron chi connectivity index (χ2n) is 11.2. The quantitative estimate of drug-likeness (QED) is 0.323. The van der Waals surface area contributed by atoms with Crippen LogP contribution in [0.5, 0.6) is 0 Å². The van der Waals surface area contributed by atoms with E-state index in [1.54, 1.807) is 12.1 Å². The zero-order valence-electron chi connectivity index (χ0n) is 24.7. The number of benzene rings is 2. The van der Waals surface area contributed by atoms with Crippen LogP contribution in [0.2, 0.25) is 0 Å². The molecule has 4 nitrogen and oxygen atoms in total. The summed E-state index contributed by atoms with van der Waals surface area (Å²) in [5.74, 6) is 0.703. The van der Waals surface area contributed by atoms with Crippen molar-refractivity contribution in [2.45, 2.75) is 91.9 Å². The van der Waals surface area contributed by atoms with E-state index in [2.05, 4.69) is 55.9 Å². The molecule has 0 amide bonds. The van der Waals surface area contributed by atoms with Crippen LogP contribution in [0.1, 0.15) is 85.1 Å². The molecule has 2 atom stereocenters. The molecule has 7 heteroatoms. The minimum absolute atomic E-state index is 0.123. The highest BCUT2D eigenvalue weighted by Crippen LogP contribution is 2.33. The van der Waals surface area contributed by atoms with Gasteiger partial charge in [0.1, 0.15) is 0 Å². The first-order valence-corrected chi connectivity index (χ1v) is 15.0. The highest BCUT2D eigenvalue weighted by molar-refractivity contribution is 5.87. The van der Waals surface area contributed by atoms with Gasteiger partial charge in [-0.2, -0.15) is 13.2 Å². The van der Waals surface area contributed by atoms with Crippen molar-refractivity contribution in [2.75, 3.05) is 37.7 Å². The summed E-state index contributed by atoms with van der Waals surface area (Å²) in [6.45, 7) is 17.1. The summed E-state index contributed by atoms with van der Waals surface area (Å²) in [6, 6.07) is 9.47. The van der Waals surface area contributed by atoms with Crippen molar-refractivity contribution in [1.82, 2.24) is 15.2 Å². The number of nitrogens with zero attached hydrogens (tertiary/aromatic N) is 3. The van der Waals surface area contributed by atoms with Crippen molar-refractivity contribution in [1.29, 1.82) is 0 Å². The summed E-state index contributed by atoms with van der Waals surface area (Å²) in [6.07, 6.45) is 7.10. The van der Waals surface area contributed by atoms with Crippen LogP contribution >= 0.6 is 0 Å². The van der Waals surface area contributed by atoms with E-state index in [0.717, 1.165) is 42.3 Å². The van der Waals surface area contributed by atoms with E-state index in [0.29, 0.717) is 11.3 Å². The van der Waals surface area contributed by atoms with Crippen LogP contribution in [0.4, 0.5) is 18.9 Å². The Morgan fingerprint density at radius 2 is 1.64 bits per heavy atom. The van der Waals surface area contributed by atoms with Gasteiger partial charge >= 0.3 is 6.18 Å². The zero-order valence-corrected chi connectivity index (χ0v) is 24.7. The molecule has 1 N–H and O–H groups in total. The SMILES string of the molecule is CCCN(CCC(C)CC)C1C=C(C)N(c2ccc3cc(C(F)(F)F)ccc3c2)N1.CCCN1CCCCC1. The van der Waals surface area contributed by atoms with Gasteiger partial charge in [-0.1, -0.05) is 52.7 Å². The molecule has 218 valence electrons. The van der Waals surface area contributed by atoms with Crippen LogP contribution in [0.25, 0.3) is 10.8 Å². The minimum Gasteiger partial charge on any atom is -0.303 e. The number of likely N-dealkylation sites (tertiary alicyclic amines) is 1. The number of fused-ring (bicyclic) bond motifs is 1. The molecule has 2 aliphatic rings. The lowest BCUT2D eigenvalue weighted by Gasteiger charge is -2.31. The maximum Gasteiger partial charge on any atom is 0.416 e. The van der Waals surface area contributed by atoms with Gasteiger partial charge in [-0.15, -0.1) is 0 Å². The Bertz CT molecular complexity index is 1040. The minimum atomic E-state index is -4.33. The van der Waals surface area contributed by atoms with Crippen LogP contribution in [-0.4, -0.2) is 48.7 Å². The highest BCUT2D eigenvalue weighted by atomic mass is 19.4. The van der Waals surface area contributed by atoms with Gasteiger partial charge < -0.3 is 4.90 Å². The molecule has 39 heavy (non-hydrogen) atoms. The van der Waals surface area contributed by atoms with E-state index in [9.17, 15) is 13.2 Å². The Balaban J connectivity index is 0.000000395. The van der Waals surface area contributed by atoms with E-state index in [1.807, 2.05) is 17.1 Å². The summed E-state index contributed by atoms with van der Waals surface area (Å²) in [5, 5.41) is 3.42. The van der Waals surface area contributed by atoms with E-state index < -0.39 is 11.7 Å². The molecule has 0 aliphatic carbocycles. The molecule has 2 aliphatic heterocycles. The smallest absolute Gasteiger partial charge is 0.303 e. The van der Waals surface area contributed by atoms with Gasteiger partial charge in [0.25, 0.3) is 0 Å². The van der Waals surface area contributed by atoms with E-state index in [1.165, 1.54) is 64.2 Å². The topological polar surface area (TPSA) is 21.8 Å². The molecule has 2 heterocycles. The molecule has 4 rings (SSSR count). The van der Waals surface area contributed by atoms with Crippen LogP contribution in [0.15, 0.2) is 48.2 Å². The number of anilines is 1. The fraction of sp³-hybridized carbons (Fsp3) is 0.625. The molecular formula is C32H49F3N4. The van der Waals surface area contributed by atoms with Gasteiger partial charge in [-0.25, -0.2) is 5.43 Å². The predicted octanol–water partition coefficient (Wildman–Crippen LogP) is 8.44. The number of alkyl halides is 3. The van der Waals surface area contributed by atoms with Crippen LogP contribution in [-0.2, 0) is 6.18 Å². The third-order valence-corrected chi connectivity index (χ3v) is 7.92. The zero-order chi connectivity index (χ0) is 28.4. The third kappa shape index (κ3) is 9.22. The molecule has 2 aromatic rings. The Labute approximate surface area is 234 Å². The molecule has 2 unspecified atom stereocenters. The van der Waals surface area contributed by atoms with Crippen molar-refractivity contribution in [3.63, 3.8) is 0 Å². The van der Waals surface area contributed by atoms with Gasteiger partial charge in [0.2, 0.25) is 0 Å². The molecule has 0 radical (unpaired) electrons. The molecule has 0 bridgehead atoms. The molecule has 1 fully saturated rings. The van der Waals surface area contributed by atoms with E-state index >= 15 is 0 Å². The summed E-state index contributed by atoms with van der Waals surface area (Å²) in [5.41, 5.74) is 4.98. The summed E-state index contributed by atoms with van der Waals surface area (Å²) in [7, 11) is 0. The van der Waals surface area contributed by atoms with Gasteiger partial charge in [0, 0.05) is 12.2 Å². The number of hydrogen-bond acceptors (Lipinski definition) is 4. The number of hydrazine groups is 1. The lowest BCUT2D eigenvalue weighted by Crippen LogP contribution is -2.48. The summed E-state index contributed by atoms with van der Waals surface area (Å²) < 4.78 is 38.9. The van der Waals surface area contributed by atoms with Crippen molar-refractivity contribution < 1.29 is 13.2 Å². The Morgan fingerprint density at radius 3 is 2.28 bits per heavy atom. The molecule has 0 spiro atoms. The second-order valence-corrected chi connectivity index (χ2v) is 11.2. The van der Waals surface area contributed by atoms with Crippen LogP contribution in [0, 0.1) is 5.92 Å². The standard InChI is InChI=1S/C24H32F3N3.C8H17N/c1-5-12-29(13-11-17(3)6-2)23-14-18(4)30(28-23)22-10-8-19-15-21(24(25,26)27)9-7-20(19)16-22;1-2-6-9-7-4-3-5-8-9/h7-10,14-17,23,28H,5-6,11-13H2,1-4H3;2-8H2,1H3. The molecule has 2 aromatic carbocycles. The highest BCUT2D eigenvalue weighted by Gasteiger charge is 2.30. The second kappa shape index (κ2) is 15.1. The maximum absolute atomic E-state index is 13.0. The normalized spacial score (nSPS) is 19.3. The fourth-order valence-electron chi connectivity index (χ4n) is 5.35. The average Bonchev–Trinajstić information content (AvgIpc) is 3.32.